The lowest BCUT2D eigenvalue weighted by molar-refractivity contribution is 0.489. The van der Waals surface area contributed by atoms with Crippen LogP contribution < -0.4 is 15.5 Å². The first-order valence-corrected chi connectivity index (χ1v) is 10.0. The molecule has 0 bridgehead atoms. The number of hydrogen-bond donors (Lipinski definition) is 2. The van der Waals surface area contributed by atoms with Gasteiger partial charge in [0.05, 0.1) is 12.0 Å². The largest absolute Gasteiger partial charge is 0.469 e. The lowest BCUT2D eigenvalue weighted by Gasteiger charge is -2.27. The second kappa shape index (κ2) is 7.03. The van der Waals surface area contributed by atoms with Gasteiger partial charge in [0.1, 0.15) is 17.3 Å². The van der Waals surface area contributed by atoms with E-state index in [0.717, 1.165) is 73.1 Å². The molecule has 8 heteroatoms. The number of pyridine rings is 1. The second-order valence-corrected chi connectivity index (χ2v) is 7.45. The summed E-state index contributed by atoms with van der Waals surface area (Å²) in [6, 6.07) is 8.15. The van der Waals surface area contributed by atoms with Crippen LogP contribution in [0.1, 0.15) is 17.7 Å². The number of thiazole rings is 1. The number of hydrogen-bond acceptors (Lipinski definition) is 8. The average Bonchev–Trinajstić information content (AvgIpc) is 3.38. The van der Waals surface area contributed by atoms with Gasteiger partial charge in [-0.1, -0.05) is 6.07 Å². The Morgan fingerprint density at radius 1 is 1.19 bits per heavy atom. The third-order valence-electron chi connectivity index (χ3n) is 4.76. The fourth-order valence-corrected chi connectivity index (χ4v) is 4.06. The van der Waals surface area contributed by atoms with E-state index in [1.165, 1.54) is 5.56 Å². The summed E-state index contributed by atoms with van der Waals surface area (Å²) in [7, 11) is 0. The van der Waals surface area contributed by atoms with Gasteiger partial charge in [-0.3, -0.25) is 4.99 Å². The number of aliphatic imine (C=N–C) groups is 1. The van der Waals surface area contributed by atoms with Crippen molar-refractivity contribution in [2.24, 2.45) is 4.99 Å². The predicted molar refractivity (Wildman–Crippen MR) is 107 cm³/mol. The van der Waals surface area contributed by atoms with Crippen LogP contribution in [0.2, 0.25) is 0 Å². The Morgan fingerprint density at radius 2 is 2.19 bits per heavy atom. The monoisotopic (exact) mass is 380 g/mol. The van der Waals surface area contributed by atoms with Crippen molar-refractivity contribution in [2.75, 3.05) is 29.9 Å². The molecule has 0 radical (unpaired) electrons. The molecule has 0 saturated heterocycles. The zero-order valence-corrected chi connectivity index (χ0v) is 15.6. The molecular weight excluding hydrogens is 360 g/mol. The second-order valence-electron chi connectivity index (χ2n) is 6.60. The van der Waals surface area contributed by atoms with Crippen molar-refractivity contribution in [2.45, 2.75) is 19.4 Å². The number of nitrogens with one attached hydrogen (secondary N) is 2. The van der Waals surface area contributed by atoms with E-state index in [9.17, 15) is 0 Å². The van der Waals surface area contributed by atoms with Crippen LogP contribution in [-0.4, -0.2) is 35.6 Å². The first-order chi connectivity index (χ1) is 13.3. The first kappa shape index (κ1) is 16.3. The van der Waals surface area contributed by atoms with Crippen molar-refractivity contribution in [3.8, 4) is 11.4 Å². The van der Waals surface area contributed by atoms with Gasteiger partial charge in [0.25, 0.3) is 0 Å². The van der Waals surface area contributed by atoms with Gasteiger partial charge < -0.3 is 20.0 Å². The van der Waals surface area contributed by atoms with Crippen LogP contribution in [0, 0.1) is 0 Å². The van der Waals surface area contributed by atoms with E-state index >= 15 is 0 Å². The van der Waals surface area contributed by atoms with Gasteiger partial charge >= 0.3 is 0 Å². The summed E-state index contributed by atoms with van der Waals surface area (Å²) in [5.41, 5.74) is 3.00. The highest BCUT2D eigenvalue weighted by atomic mass is 32.1. The zero-order valence-electron chi connectivity index (χ0n) is 14.8. The number of aromatic nitrogens is 2. The van der Waals surface area contributed by atoms with Crippen molar-refractivity contribution < 1.29 is 4.42 Å². The van der Waals surface area contributed by atoms with E-state index in [-0.39, 0.29) is 0 Å². The molecule has 0 fully saturated rings. The molecule has 0 aliphatic carbocycles. The molecule has 27 heavy (non-hydrogen) atoms. The normalized spacial score (nSPS) is 16.4. The summed E-state index contributed by atoms with van der Waals surface area (Å²) in [5, 5.41) is 9.36. The number of fused-ring (bicyclic) bond motifs is 1. The van der Waals surface area contributed by atoms with Crippen LogP contribution in [0.3, 0.4) is 0 Å². The van der Waals surface area contributed by atoms with Crippen LogP contribution in [0.25, 0.3) is 11.4 Å². The summed E-state index contributed by atoms with van der Waals surface area (Å²) in [6.45, 7) is 3.54. The Balaban J connectivity index is 1.34. The van der Waals surface area contributed by atoms with E-state index in [0.29, 0.717) is 0 Å². The van der Waals surface area contributed by atoms with E-state index in [2.05, 4.69) is 31.6 Å². The minimum atomic E-state index is 0.799. The molecule has 0 aromatic carbocycles. The number of anilines is 2. The maximum Gasteiger partial charge on any atom is 0.197 e. The maximum absolute atomic E-state index is 5.52. The number of furan rings is 1. The molecule has 3 aromatic heterocycles. The highest BCUT2D eigenvalue weighted by Gasteiger charge is 2.20. The van der Waals surface area contributed by atoms with Gasteiger partial charge in [-0.2, -0.15) is 0 Å². The fraction of sp³-hybridized carbons (Fsp3) is 0.316. The van der Waals surface area contributed by atoms with Crippen LogP contribution >= 0.6 is 11.3 Å². The highest BCUT2D eigenvalue weighted by Crippen LogP contribution is 2.28. The predicted octanol–water partition coefficient (Wildman–Crippen LogP) is 3.12. The molecule has 0 atom stereocenters. The third kappa shape index (κ3) is 3.40. The van der Waals surface area contributed by atoms with E-state index < -0.39 is 0 Å². The summed E-state index contributed by atoms with van der Waals surface area (Å²) in [6.07, 6.45) is 3.75. The molecule has 5 rings (SSSR count). The lowest BCUT2D eigenvalue weighted by atomic mass is 10.1. The third-order valence-corrected chi connectivity index (χ3v) is 5.51. The Labute approximate surface area is 161 Å². The fourth-order valence-electron chi connectivity index (χ4n) is 3.35. The van der Waals surface area contributed by atoms with Crippen LogP contribution in [0.5, 0.6) is 0 Å². The Morgan fingerprint density at radius 3 is 3.11 bits per heavy atom. The van der Waals surface area contributed by atoms with Crippen molar-refractivity contribution in [3.05, 3.63) is 47.2 Å². The topological polar surface area (TPSA) is 78.6 Å². The molecule has 2 N–H and O–H groups in total. The molecule has 2 aliphatic rings. The molecule has 0 unspecified atom stereocenters. The standard InChI is InChI=1S/C19H20N6OS/c1-3-14(15-12-27-19(23-15)24-18-20-7-2-8-21-18)22-17(4-1)25-9-5-16-13(11-25)6-10-26-16/h1,3-4,6,10,12H,2,5,7-9,11H2,(H2,20,21,23,24). The SMILES string of the molecule is c1cc(-c2csc(NC3=NCCCN3)n2)nc(N2CCc3occc3C2)c1. The first-order valence-electron chi connectivity index (χ1n) is 9.14. The summed E-state index contributed by atoms with van der Waals surface area (Å²) in [5.74, 6) is 2.87. The van der Waals surface area contributed by atoms with Gasteiger partial charge in [-0.25, -0.2) is 9.97 Å². The van der Waals surface area contributed by atoms with Crippen LogP contribution in [0.15, 0.2) is 45.3 Å². The van der Waals surface area contributed by atoms with Crippen molar-refractivity contribution in [1.29, 1.82) is 0 Å². The Hall–Kier alpha value is -2.87. The minimum absolute atomic E-state index is 0.799. The molecule has 0 amide bonds. The molecule has 3 aromatic rings. The van der Waals surface area contributed by atoms with Crippen LogP contribution in [-0.2, 0) is 13.0 Å². The molecule has 0 spiro atoms. The lowest BCUT2D eigenvalue weighted by Crippen LogP contribution is -2.35. The van der Waals surface area contributed by atoms with Crippen molar-refractivity contribution in [1.82, 2.24) is 15.3 Å². The van der Waals surface area contributed by atoms with Gasteiger partial charge in [0, 0.05) is 43.5 Å². The molecule has 2 aliphatic heterocycles. The number of rotatable bonds is 3. The minimum Gasteiger partial charge on any atom is -0.469 e. The summed E-state index contributed by atoms with van der Waals surface area (Å²) >= 11 is 1.56. The van der Waals surface area contributed by atoms with E-state index in [4.69, 9.17) is 9.40 Å². The molecule has 138 valence electrons. The van der Waals surface area contributed by atoms with E-state index in [1.807, 2.05) is 23.6 Å². The highest BCUT2D eigenvalue weighted by molar-refractivity contribution is 7.14. The van der Waals surface area contributed by atoms with Crippen molar-refractivity contribution >= 4 is 28.2 Å². The maximum atomic E-state index is 5.52. The smallest absolute Gasteiger partial charge is 0.197 e. The van der Waals surface area contributed by atoms with Gasteiger partial charge in [-0.15, -0.1) is 11.3 Å². The van der Waals surface area contributed by atoms with Crippen molar-refractivity contribution in [3.63, 3.8) is 0 Å². The Bertz CT molecular complexity index is 978. The zero-order chi connectivity index (χ0) is 18.1. The average molecular weight is 380 g/mol. The molecule has 7 nitrogen and oxygen atoms in total. The molecular formula is C19H20N6OS. The van der Waals surface area contributed by atoms with E-state index in [1.54, 1.807) is 17.6 Å². The van der Waals surface area contributed by atoms with Gasteiger partial charge in [0.15, 0.2) is 11.1 Å². The Kier molecular flexibility index (Phi) is 4.25. The summed E-state index contributed by atoms with van der Waals surface area (Å²) in [4.78, 5) is 16.2. The summed E-state index contributed by atoms with van der Waals surface area (Å²) < 4.78 is 5.52. The quantitative estimate of drug-likeness (QED) is 0.727. The molecule has 0 saturated carbocycles. The molecule has 5 heterocycles. The number of nitrogens with zero attached hydrogens (tertiary/aromatic N) is 4. The number of guanidine groups is 1. The van der Waals surface area contributed by atoms with Gasteiger partial charge in [0.2, 0.25) is 0 Å². The van der Waals surface area contributed by atoms with Gasteiger partial charge in [-0.05, 0) is 24.6 Å². The van der Waals surface area contributed by atoms with Crippen LogP contribution in [0.4, 0.5) is 10.9 Å².